The van der Waals surface area contributed by atoms with E-state index in [4.69, 9.17) is 29.3 Å². The Bertz CT molecular complexity index is 614. The number of carbonyl (C=O) groups is 2. The number of carboxylic acid groups (broad SMARTS) is 2. The number of rotatable bonds is 4. The number of methoxy groups -OCH3 is 1. The number of aliphatic carboxylic acids is 2. The number of para-hydroxylation sites is 2. The number of ether oxygens (including phenoxy) is 2. The van der Waals surface area contributed by atoms with Crippen molar-refractivity contribution in [3.8, 4) is 23.3 Å². The van der Waals surface area contributed by atoms with E-state index in [1.807, 2.05) is 24.3 Å². The quantitative estimate of drug-likeness (QED) is 0.625. The number of benzene rings is 1. The second-order valence-electron chi connectivity index (χ2n) is 5.59. The van der Waals surface area contributed by atoms with Crippen LogP contribution >= 0.6 is 0 Å². The van der Waals surface area contributed by atoms with Gasteiger partial charge in [0.2, 0.25) is 0 Å². The zero-order valence-electron chi connectivity index (χ0n) is 14.9. The van der Waals surface area contributed by atoms with Crippen LogP contribution in [0.15, 0.2) is 24.3 Å². The van der Waals surface area contributed by atoms with E-state index in [2.05, 4.69) is 16.7 Å². The monoisotopic (exact) mass is 363 g/mol. The first-order chi connectivity index (χ1) is 12.5. The third kappa shape index (κ3) is 8.94. The molecule has 1 aromatic carbocycles. The highest BCUT2D eigenvalue weighted by Crippen LogP contribution is 2.25. The SMILES string of the molecule is COc1ccccc1OCC#CCN1CCCCCC1.O=C(O)C(=O)O. The highest BCUT2D eigenvalue weighted by Gasteiger charge is 2.06. The van der Waals surface area contributed by atoms with Crippen LogP contribution < -0.4 is 9.47 Å². The van der Waals surface area contributed by atoms with Crippen molar-refractivity contribution in [2.24, 2.45) is 0 Å². The van der Waals surface area contributed by atoms with Gasteiger partial charge in [-0.3, -0.25) is 4.90 Å². The Kier molecular flexibility index (Phi) is 10.3. The predicted octanol–water partition coefficient (Wildman–Crippen LogP) is 2.11. The van der Waals surface area contributed by atoms with Gasteiger partial charge < -0.3 is 19.7 Å². The fourth-order valence-electron chi connectivity index (χ4n) is 2.36. The molecular formula is C19H25NO6. The minimum atomic E-state index is -1.82. The number of nitrogens with zero attached hydrogens (tertiary/aromatic N) is 1. The van der Waals surface area contributed by atoms with E-state index in [0.717, 1.165) is 18.0 Å². The smallest absolute Gasteiger partial charge is 0.414 e. The second-order valence-corrected chi connectivity index (χ2v) is 5.59. The van der Waals surface area contributed by atoms with Crippen molar-refractivity contribution in [2.45, 2.75) is 25.7 Å². The summed E-state index contributed by atoms with van der Waals surface area (Å²) in [6.45, 7) is 3.63. The average molecular weight is 363 g/mol. The van der Waals surface area contributed by atoms with Crippen molar-refractivity contribution < 1.29 is 29.3 Å². The Morgan fingerprint density at radius 3 is 2.12 bits per heavy atom. The summed E-state index contributed by atoms with van der Waals surface area (Å²) >= 11 is 0. The molecule has 0 aromatic heterocycles. The highest BCUT2D eigenvalue weighted by molar-refractivity contribution is 6.27. The molecule has 0 atom stereocenters. The summed E-state index contributed by atoms with van der Waals surface area (Å²) in [6, 6.07) is 7.65. The van der Waals surface area contributed by atoms with Crippen molar-refractivity contribution >= 4 is 11.9 Å². The molecule has 7 heteroatoms. The van der Waals surface area contributed by atoms with E-state index in [-0.39, 0.29) is 0 Å². The van der Waals surface area contributed by atoms with E-state index in [0.29, 0.717) is 6.61 Å². The molecule has 0 radical (unpaired) electrons. The summed E-state index contributed by atoms with van der Waals surface area (Å²) in [5.74, 6) is 4.14. The molecule has 7 nitrogen and oxygen atoms in total. The van der Waals surface area contributed by atoms with Crippen LogP contribution in [0, 0.1) is 11.8 Å². The Morgan fingerprint density at radius 2 is 1.58 bits per heavy atom. The Labute approximate surface area is 153 Å². The predicted molar refractivity (Wildman–Crippen MR) is 96.4 cm³/mol. The minimum absolute atomic E-state index is 0.411. The van der Waals surface area contributed by atoms with Crippen LogP contribution in [-0.4, -0.2) is 60.4 Å². The maximum Gasteiger partial charge on any atom is 0.414 e. The number of hydrogen-bond acceptors (Lipinski definition) is 5. The average Bonchev–Trinajstić information content (AvgIpc) is 2.91. The second kappa shape index (κ2) is 12.6. The van der Waals surface area contributed by atoms with Gasteiger partial charge in [0.05, 0.1) is 13.7 Å². The highest BCUT2D eigenvalue weighted by atomic mass is 16.5. The first-order valence-electron chi connectivity index (χ1n) is 8.44. The van der Waals surface area contributed by atoms with Crippen molar-refractivity contribution in [2.75, 3.05) is 33.4 Å². The fourth-order valence-corrected chi connectivity index (χ4v) is 2.36. The molecule has 0 unspecified atom stereocenters. The van der Waals surface area contributed by atoms with Gasteiger partial charge >= 0.3 is 11.9 Å². The maximum absolute atomic E-state index is 9.10. The van der Waals surface area contributed by atoms with Gasteiger partial charge in [0.1, 0.15) is 6.61 Å². The number of carboxylic acids is 2. The fraction of sp³-hybridized carbons (Fsp3) is 0.474. The molecule has 1 heterocycles. The normalized spacial score (nSPS) is 13.9. The van der Waals surface area contributed by atoms with Crippen LogP contribution in [0.25, 0.3) is 0 Å². The van der Waals surface area contributed by atoms with E-state index < -0.39 is 11.9 Å². The molecular weight excluding hydrogens is 338 g/mol. The molecule has 1 aliphatic rings. The zero-order valence-corrected chi connectivity index (χ0v) is 14.9. The molecule has 2 N–H and O–H groups in total. The van der Waals surface area contributed by atoms with E-state index >= 15 is 0 Å². The lowest BCUT2D eigenvalue weighted by atomic mass is 10.2. The minimum Gasteiger partial charge on any atom is -0.493 e. The van der Waals surface area contributed by atoms with Gasteiger partial charge in [0.15, 0.2) is 11.5 Å². The van der Waals surface area contributed by atoms with Gasteiger partial charge in [-0.1, -0.05) is 36.8 Å². The molecule has 2 rings (SSSR count). The van der Waals surface area contributed by atoms with E-state index in [1.165, 1.54) is 38.8 Å². The number of hydrogen-bond donors (Lipinski definition) is 2. The van der Waals surface area contributed by atoms with Gasteiger partial charge in [0, 0.05) is 0 Å². The van der Waals surface area contributed by atoms with Crippen LogP contribution in [0.5, 0.6) is 11.5 Å². The lowest BCUT2D eigenvalue weighted by Crippen LogP contribution is -2.24. The van der Waals surface area contributed by atoms with Gasteiger partial charge in [-0.05, 0) is 38.1 Å². The Morgan fingerprint density at radius 1 is 1.00 bits per heavy atom. The molecule has 0 spiro atoms. The van der Waals surface area contributed by atoms with Gasteiger partial charge in [-0.25, -0.2) is 9.59 Å². The van der Waals surface area contributed by atoms with Crippen molar-refractivity contribution in [3.63, 3.8) is 0 Å². The summed E-state index contributed by atoms with van der Waals surface area (Å²) < 4.78 is 10.9. The van der Waals surface area contributed by atoms with Crippen molar-refractivity contribution in [3.05, 3.63) is 24.3 Å². The molecule has 26 heavy (non-hydrogen) atoms. The van der Waals surface area contributed by atoms with Crippen LogP contribution in [0.4, 0.5) is 0 Å². The van der Waals surface area contributed by atoms with Crippen LogP contribution in [0.2, 0.25) is 0 Å². The van der Waals surface area contributed by atoms with Gasteiger partial charge in [0.25, 0.3) is 0 Å². The van der Waals surface area contributed by atoms with Gasteiger partial charge in [-0.15, -0.1) is 0 Å². The first kappa shape index (κ1) is 21.3. The first-order valence-corrected chi connectivity index (χ1v) is 8.44. The van der Waals surface area contributed by atoms with Crippen molar-refractivity contribution in [1.82, 2.24) is 4.90 Å². The van der Waals surface area contributed by atoms with Gasteiger partial charge in [-0.2, -0.15) is 0 Å². The molecule has 1 aliphatic heterocycles. The molecule has 0 saturated carbocycles. The molecule has 0 bridgehead atoms. The summed E-state index contributed by atoms with van der Waals surface area (Å²) in [5.41, 5.74) is 0. The lowest BCUT2D eigenvalue weighted by Gasteiger charge is -2.15. The summed E-state index contributed by atoms with van der Waals surface area (Å²) in [7, 11) is 1.65. The molecule has 0 aliphatic carbocycles. The van der Waals surface area contributed by atoms with E-state index in [9.17, 15) is 0 Å². The third-order valence-electron chi connectivity index (χ3n) is 3.68. The Hall–Kier alpha value is -2.72. The molecule has 1 fully saturated rings. The topological polar surface area (TPSA) is 96.3 Å². The lowest BCUT2D eigenvalue weighted by molar-refractivity contribution is -0.159. The Balaban J connectivity index is 0.000000487. The third-order valence-corrected chi connectivity index (χ3v) is 3.68. The van der Waals surface area contributed by atoms with Crippen LogP contribution in [0.3, 0.4) is 0 Å². The standard InChI is InChI=1S/C17H23NO2.C2H2O4/c1-19-16-10-4-5-11-17(16)20-15-9-8-14-18-12-6-2-3-7-13-18;3-1(4)2(5)6/h4-5,10-11H,2-3,6-7,12-15H2,1H3;(H,3,4)(H,5,6). The summed E-state index contributed by atoms with van der Waals surface area (Å²) in [5, 5.41) is 14.8. The summed E-state index contributed by atoms with van der Waals surface area (Å²) in [4.78, 5) is 20.6. The van der Waals surface area contributed by atoms with Crippen molar-refractivity contribution in [1.29, 1.82) is 0 Å². The van der Waals surface area contributed by atoms with E-state index in [1.54, 1.807) is 7.11 Å². The van der Waals surface area contributed by atoms with Crippen LogP contribution in [0.1, 0.15) is 25.7 Å². The number of likely N-dealkylation sites (tertiary alicyclic amines) is 1. The molecule has 0 amide bonds. The largest absolute Gasteiger partial charge is 0.493 e. The zero-order chi connectivity index (χ0) is 19.2. The molecule has 142 valence electrons. The molecule has 1 saturated heterocycles. The maximum atomic E-state index is 9.10. The summed E-state index contributed by atoms with van der Waals surface area (Å²) in [6.07, 6.45) is 5.33. The molecule has 1 aromatic rings. The van der Waals surface area contributed by atoms with Crippen LogP contribution in [-0.2, 0) is 9.59 Å².